The molecule has 106 valence electrons. The largest absolute Gasteiger partial charge is 0.381 e. The fourth-order valence-electron chi connectivity index (χ4n) is 2.25. The van der Waals surface area contributed by atoms with Crippen molar-refractivity contribution < 1.29 is 13.2 Å². The van der Waals surface area contributed by atoms with Gasteiger partial charge in [-0.2, -0.15) is 0 Å². The molecule has 0 aromatic carbocycles. The molecule has 2 unspecified atom stereocenters. The summed E-state index contributed by atoms with van der Waals surface area (Å²) in [7, 11) is -2.04. The monoisotopic (exact) mass is 286 g/mol. The van der Waals surface area contributed by atoms with Crippen LogP contribution < -0.4 is 16.0 Å². The molecule has 1 fully saturated rings. The summed E-state index contributed by atoms with van der Waals surface area (Å²) in [4.78, 5) is 3.88. The van der Waals surface area contributed by atoms with Crippen LogP contribution in [-0.2, 0) is 14.8 Å². The molecule has 1 heterocycles. The number of pyridine rings is 1. The zero-order valence-electron chi connectivity index (χ0n) is 10.7. The second kappa shape index (κ2) is 5.83. The Morgan fingerprint density at radius 1 is 1.47 bits per heavy atom. The van der Waals surface area contributed by atoms with Crippen LogP contribution in [0, 0.1) is 0 Å². The van der Waals surface area contributed by atoms with Gasteiger partial charge in [-0.25, -0.2) is 18.1 Å². The lowest BCUT2D eigenvalue weighted by molar-refractivity contribution is 0.107. The zero-order chi connectivity index (χ0) is 13.9. The van der Waals surface area contributed by atoms with Crippen molar-refractivity contribution in [2.45, 2.75) is 36.4 Å². The quantitative estimate of drug-likeness (QED) is 0.528. The van der Waals surface area contributed by atoms with Crippen LogP contribution in [0.4, 0.5) is 5.69 Å². The number of methoxy groups -OCH3 is 1. The molecule has 7 nitrogen and oxygen atoms in total. The van der Waals surface area contributed by atoms with Gasteiger partial charge < -0.3 is 10.2 Å². The Bertz CT molecular complexity index is 534. The minimum atomic E-state index is -3.68. The van der Waals surface area contributed by atoms with E-state index in [1.807, 2.05) is 0 Å². The van der Waals surface area contributed by atoms with E-state index in [2.05, 4.69) is 15.1 Å². The van der Waals surface area contributed by atoms with Crippen molar-refractivity contribution in [3.05, 3.63) is 18.3 Å². The predicted molar refractivity (Wildman–Crippen MR) is 70.8 cm³/mol. The molecule has 0 spiro atoms. The highest BCUT2D eigenvalue weighted by molar-refractivity contribution is 7.89. The molecule has 2 atom stereocenters. The van der Waals surface area contributed by atoms with E-state index in [9.17, 15) is 8.42 Å². The first-order valence-corrected chi connectivity index (χ1v) is 7.52. The number of nitrogens with two attached hydrogens (primary N) is 1. The number of nitrogen functional groups attached to an aromatic ring is 1. The van der Waals surface area contributed by atoms with Gasteiger partial charge in [-0.3, -0.25) is 5.84 Å². The SMILES string of the molecule is COC1CCC(NS(=O)(=O)c2ncccc2NN)C1. The Balaban J connectivity index is 2.15. The summed E-state index contributed by atoms with van der Waals surface area (Å²) in [6, 6.07) is 3.06. The molecule has 1 saturated carbocycles. The maximum Gasteiger partial charge on any atom is 0.260 e. The van der Waals surface area contributed by atoms with Gasteiger partial charge in [0, 0.05) is 19.3 Å². The highest BCUT2D eigenvalue weighted by Crippen LogP contribution is 2.24. The van der Waals surface area contributed by atoms with Crippen molar-refractivity contribution in [1.82, 2.24) is 9.71 Å². The Hall–Kier alpha value is -1.22. The molecule has 1 aromatic heterocycles. The fourth-order valence-corrected chi connectivity index (χ4v) is 3.63. The van der Waals surface area contributed by atoms with Crippen LogP contribution in [0.5, 0.6) is 0 Å². The number of aromatic nitrogens is 1. The second-order valence-corrected chi connectivity index (χ2v) is 6.12. The van der Waals surface area contributed by atoms with Crippen molar-refractivity contribution in [1.29, 1.82) is 0 Å². The lowest BCUT2D eigenvalue weighted by atomic mass is 10.3. The molecule has 0 bridgehead atoms. The van der Waals surface area contributed by atoms with Crippen LogP contribution in [0.15, 0.2) is 23.4 Å². The smallest absolute Gasteiger partial charge is 0.260 e. The number of anilines is 1. The molecule has 0 radical (unpaired) electrons. The molecular formula is C11H18N4O3S. The van der Waals surface area contributed by atoms with Gasteiger partial charge in [0.15, 0.2) is 5.03 Å². The summed E-state index contributed by atoms with van der Waals surface area (Å²) in [5, 5.41) is -0.0848. The summed E-state index contributed by atoms with van der Waals surface area (Å²) in [6.07, 6.45) is 3.82. The van der Waals surface area contributed by atoms with Crippen LogP contribution in [0.2, 0.25) is 0 Å². The number of rotatable bonds is 5. The maximum absolute atomic E-state index is 12.3. The van der Waals surface area contributed by atoms with Gasteiger partial charge in [0.05, 0.1) is 11.8 Å². The van der Waals surface area contributed by atoms with Crippen LogP contribution in [0.25, 0.3) is 0 Å². The summed E-state index contributed by atoms with van der Waals surface area (Å²) >= 11 is 0. The fraction of sp³-hybridized carbons (Fsp3) is 0.545. The topological polar surface area (TPSA) is 106 Å². The van der Waals surface area contributed by atoms with Gasteiger partial charge in [-0.15, -0.1) is 0 Å². The van der Waals surface area contributed by atoms with Crippen molar-refractivity contribution >= 4 is 15.7 Å². The summed E-state index contributed by atoms with van der Waals surface area (Å²) in [5.74, 6) is 5.30. The third kappa shape index (κ3) is 3.21. The predicted octanol–water partition coefficient (Wildman–Crippen LogP) is 0.213. The lowest BCUT2D eigenvalue weighted by Gasteiger charge is -2.14. The molecule has 1 aliphatic carbocycles. The molecule has 0 saturated heterocycles. The standard InChI is InChI=1S/C11H18N4O3S/c1-18-9-5-4-8(7-9)15-19(16,17)11-10(14-12)3-2-6-13-11/h2-3,6,8-9,14-15H,4-5,7,12H2,1H3. The third-order valence-corrected chi connectivity index (χ3v) is 4.70. The summed E-state index contributed by atoms with van der Waals surface area (Å²) in [6.45, 7) is 0. The lowest BCUT2D eigenvalue weighted by Crippen LogP contribution is -2.34. The third-order valence-electron chi connectivity index (χ3n) is 3.22. The second-order valence-electron chi connectivity index (χ2n) is 4.49. The summed E-state index contributed by atoms with van der Waals surface area (Å²) < 4.78 is 32.4. The maximum atomic E-state index is 12.3. The van der Waals surface area contributed by atoms with E-state index in [0.717, 1.165) is 12.8 Å². The normalized spacial score (nSPS) is 23.5. The average Bonchev–Trinajstić information content (AvgIpc) is 2.85. The minimum Gasteiger partial charge on any atom is -0.381 e. The van der Waals surface area contributed by atoms with Gasteiger partial charge in [-0.1, -0.05) is 0 Å². The first-order valence-electron chi connectivity index (χ1n) is 6.03. The summed E-state index contributed by atoms with van der Waals surface area (Å²) in [5.41, 5.74) is 2.61. The Labute approximate surface area is 112 Å². The van der Waals surface area contributed by atoms with Gasteiger partial charge in [0.1, 0.15) is 0 Å². The zero-order valence-corrected chi connectivity index (χ0v) is 11.5. The van der Waals surface area contributed by atoms with Gasteiger partial charge in [-0.05, 0) is 31.4 Å². The van der Waals surface area contributed by atoms with E-state index in [1.54, 1.807) is 19.2 Å². The van der Waals surface area contributed by atoms with Crippen LogP contribution in [0.1, 0.15) is 19.3 Å². The average molecular weight is 286 g/mol. The van der Waals surface area contributed by atoms with Crippen molar-refractivity contribution in [3.8, 4) is 0 Å². The van der Waals surface area contributed by atoms with E-state index in [4.69, 9.17) is 10.6 Å². The first kappa shape index (κ1) is 14.2. The number of hydrogen-bond acceptors (Lipinski definition) is 6. The molecule has 0 aliphatic heterocycles. The number of hydrogen-bond donors (Lipinski definition) is 3. The first-order chi connectivity index (χ1) is 9.06. The molecule has 4 N–H and O–H groups in total. The Kier molecular flexibility index (Phi) is 4.35. The van der Waals surface area contributed by atoms with E-state index in [0.29, 0.717) is 6.42 Å². The highest BCUT2D eigenvalue weighted by atomic mass is 32.2. The van der Waals surface area contributed by atoms with E-state index >= 15 is 0 Å². The molecule has 19 heavy (non-hydrogen) atoms. The van der Waals surface area contributed by atoms with Crippen LogP contribution in [0.3, 0.4) is 0 Å². The van der Waals surface area contributed by atoms with Crippen molar-refractivity contribution in [3.63, 3.8) is 0 Å². The van der Waals surface area contributed by atoms with Gasteiger partial charge in [0.2, 0.25) is 0 Å². The van der Waals surface area contributed by atoms with Crippen LogP contribution in [-0.4, -0.2) is 32.7 Å². The van der Waals surface area contributed by atoms with Gasteiger partial charge >= 0.3 is 0 Å². The van der Waals surface area contributed by atoms with Crippen LogP contribution >= 0.6 is 0 Å². The molecule has 2 rings (SSSR count). The van der Waals surface area contributed by atoms with E-state index in [1.165, 1.54) is 6.20 Å². The van der Waals surface area contributed by atoms with Crippen molar-refractivity contribution in [2.75, 3.05) is 12.5 Å². The molecular weight excluding hydrogens is 268 g/mol. The highest BCUT2D eigenvalue weighted by Gasteiger charge is 2.30. The molecule has 0 amide bonds. The molecule has 1 aliphatic rings. The van der Waals surface area contributed by atoms with Crippen molar-refractivity contribution in [2.24, 2.45) is 5.84 Å². The Morgan fingerprint density at radius 2 is 2.26 bits per heavy atom. The molecule has 8 heteroatoms. The Morgan fingerprint density at radius 3 is 2.89 bits per heavy atom. The molecule has 1 aromatic rings. The van der Waals surface area contributed by atoms with E-state index < -0.39 is 10.0 Å². The number of hydrazine groups is 1. The minimum absolute atomic E-state index is 0.0848. The van der Waals surface area contributed by atoms with E-state index in [-0.39, 0.29) is 22.9 Å². The number of nitrogens with zero attached hydrogens (tertiary/aromatic N) is 1. The van der Waals surface area contributed by atoms with Gasteiger partial charge in [0.25, 0.3) is 10.0 Å². The number of nitrogens with one attached hydrogen (secondary N) is 2. The number of ether oxygens (including phenoxy) is 1. The number of sulfonamides is 1.